The molecule has 0 amide bonds. The minimum absolute atomic E-state index is 0.0281. The third-order valence-electron chi connectivity index (χ3n) is 2.58. The predicted molar refractivity (Wildman–Crippen MR) is 73.2 cm³/mol. The molecule has 0 radical (unpaired) electrons. The van der Waals surface area contributed by atoms with Gasteiger partial charge in [-0.05, 0) is 33.7 Å². The molecule has 0 saturated carbocycles. The first-order valence-electron chi connectivity index (χ1n) is 6.99. The van der Waals surface area contributed by atoms with E-state index in [1.54, 1.807) is 6.20 Å². The summed E-state index contributed by atoms with van der Waals surface area (Å²) in [6.07, 6.45) is -0.853. The summed E-state index contributed by atoms with van der Waals surface area (Å²) >= 11 is 0. The molecule has 1 aromatic heterocycles. The van der Waals surface area contributed by atoms with Crippen LogP contribution in [-0.2, 0) is 17.6 Å². The Morgan fingerprint density at radius 1 is 1.24 bits per heavy atom. The van der Waals surface area contributed by atoms with E-state index in [4.69, 9.17) is 4.42 Å². The van der Waals surface area contributed by atoms with Gasteiger partial charge in [0.05, 0.1) is 12.8 Å². The lowest BCUT2D eigenvalue weighted by molar-refractivity contribution is -0.173. The molecular weight excluding hydrogens is 285 g/mol. The second kappa shape index (κ2) is 7.79. The van der Waals surface area contributed by atoms with E-state index in [2.05, 4.69) is 35.8 Å². The lowest BCUT2D eigenvalue weighted by Crippen LogP contribution is -2.36. The van der Waals surface area contributed by atoms with Crippen LogP contribution in [0.2, 0.25) is 0 Å². The molecule has 122 valence electrons. The fourth-order valence-corrected chi connectivity index (χ4v) is 1.64. The smallest absolute Gasteiger partial charge is 0.411 e. The van der Waals surface area contributed by atoms with Crippen LogP contribution in [0, 0.1) is 0 Å². The summed E-state index contributed by atoms with van der Waals surface area (Å²) in [6, 6.07) is 0. The summed E-state index contributed by atoms with van der Waals surface area (Å²) in [7, 11) is 0. The van der Waals surface area contributed by atoms with Crippen molar-refractivity contribution in [3.8, 4) is 0 Å². The van der Waals surface area contributed by atoms with Crippen LogP contribution in [0.15, 0.2) is 10.6 Å². The number of aryl methyl sites for hydroxylation is 1. The van der Waals surface area contributed by atoms with Gasteiger partial charge in [-0.25, -0.2) is 4.98 Å². The first-order valence-corrected chi connectivity index (χ1v) is 6.99. The van der Waals surface area contributed by atoms with Gasteiger partial charge in [0, 0.05) is 18.4 Å². The van der Waals surface area contributed by atoms with Crippen molar-refractivity contribution in [2.75, 3.05) is 19.8 Å². The Morgan fingerprint density at radius 3 is 2.57 bits per heavy atom. The van der Waals surface area contributed by atoms with Crippen molar-refractivity contribution < 1.29 is 22.3 Å². The van der Waals surface area contributed by atoms with Gasteiger partial charge in [-0.3, -0.25) is 0 Å². The molecule has 0 spiro atoms. The van der Waals surface area contributed by atoms with Crippen molar-refractivity contribution in [1.82, 2.24) is 10.3 Å². The Hall–Kier alpha value is -1.08. The van der Waals surface area contributed by atoms with E-state index in [-0.39, 0.29) is 12.1 Å². The maximum atomic E-state index is 11.9. The van der Waals surface area contributed by atoms with Gasteiger partial charge in [-0.1, -0.05) is 0 Å². The summed E-state index contributed by atoms with van der Waals surface area (Å²) in [5.74, 6) is 1.16. The Balaban J connectivity index is 2.18. The monoisotopic (exact) mass is 308 g/mol. The van der Waals surface area contributed by atoms with E-state index in [0.29, 0.717) is 24.5 Å². The lowest BCUT2D eigenvalue weighted by atomic mass is 10.1. The largest absolute Gasteiger partial charge is 0.446 e. The van der Waals surface area contributed by atoms with Crippen LogP contribution in [0.1, 0.15) is 38.8 Å². The Morgan fingerprint density at radius 2 is 1.95 bits per heavy atom. The molecule has 0 aromatic carbocycles. The quantitative estimate of drug-likeness (QED) is 0.750. The number of rotatable bonds is 8. The normalized spacial score (nSPS) is 12.9. The Labute approximate surface area is 123 Å². The molecule has 1 heterocycles. The highest BCUT2D eigenvalue weighted by Crippen LogP contribution is 2.15. The number of nitrogens with one attached hydrogen (secondary N) is 1. The van der Waals surface area contributed by atoms with Gasteiger partial charge in [0.15, 0.2) is 5.89 Å². The zero-order valence-electron chi connectivity index (χ0n) is 12.7. The van der Waals surface area contributed by atoms with E-state index in [9.17, 15) is 13.2 Å². The molecule has 0 aliphatic rings. The van der Waals surface area contributed by atoms with Crippen LogP contribution in [0.25, 0.3) is 0 Å². The lowest BCUT2D eigenvalue weighted by Gasteiger charge is -2.20. The zero-order chi connectivity index (χ0) is 15.9. The van der Waals surface area contributed by atoms with E-state index >= 15 is 0 Å². The maximum absolute atomic E-state index is 11.9. The molecule has 0 fully saturated rings. The second-order valence-electron chi connectivity index (χ2n) is 5.92. The first-order chi connectivity index (χ1) is 9.66. The molecule has 0 unspecified atom stereocenters. The SMILES string of the molecule is CC(C)(C)NCCCc1ncc(CCOCC(F)(F)F)o1. The number of nitrogens with zero attached hydrogens (tertiary/aromatic N) is 1. The summed E-state index contributed by atoms with van der Waals surface area (Å²) in [5.41, 5.74) is 0.0809. The van der Waals surface area contributed by atoms with Gasteiger partial charge in [-0.15, -0.1) is 0 Å². The molecule has 1 N–H and O–H groups in total. The fraction of sp³-hybridized carbons (Fsp3) is 0.786. The number of hydrogen-bond acceptors (Lipinski definition) is 4. The van der Waals surface area contributed by atoms with Crippen LogP contribution in [0.3, 0.4) is 0 Å². The molecule has 0 bridgehead atoms. The van der Waals surface area contributed by atoms with Crippen LogP contribution in [-0.4, -0.2) is 36.5 Å². The van der Waals surface area contributed by atoms with Crippen molar-refractivity contribution >= 4 is 0 Å². The third kappa shape index (κ3) is 9.47. The van der Waals surface area contributed by atoms with E-state index in [0.717, 1.165) is 13.0 Å². The average molecular weight is 308 g/mol. The molecular formula is C14H23F3N2O2. The highest BCUT2D eigenvalue weighted by molar-refractivity contribution is 4.94. The molecule has 0 aliphatic heterocycles. The fourth-order valence-electron chi connectivity index (χ4n) is 1.64. The van der Waals surface area contributed by atoms with Gasteiger partial charge >= 0.3 is 6.18 Å². The second-order valence-corrected chi connectivity index (χ2v) is 5.92. The number of alkyl halides is 3. The summed E-state index contributed by atoms with van der Waals surface area (Å²) in [6.45, 7) is 5.88. The van der Waals surface area contributed by atoms with Gasteiger partial charge in [0.2, 0.25) is 0 Å². The molecule has 1 aromatic rings. The number of oxazole rings is 1. The van der Waals surface area contributed by atoms with Crippen molar-refractivity contribution in [2.45, 2.75) is 51.7 Å². The molecule has 0 saturated heterocycles. The van der Waals surface area contributed by atoms with Gasteiger partial charge in [0.1, 0.15) is 12.4 Å². The number of ether oxygens (including phenoxy) is 1. The van der Waals surface area contributed by atoms with Crippen molar-refractivity contribution in [1.29, 1.82) is 0 Å². The van der Waals surface area contributed by atoms with Crippen molar-refractivity contribution in [2.24, 2.45) is 0 Å². The Kier molecular flexibility index (Phi) is 6.67. The highest BCUT2D eigenvalue weighted by atomic mass is 19.4. The molecule has 0 atom stereocenters. The van der Waals surface area contributed by atoms with E-state index in [1.807, 2.05) is 0 Å². The van der Waals surface area contributed by atoms with Crippen LogP contribution in [0.5, 0.6) is 0 Å². The minimum atomic E-state index is -4.29. The third-order valence-corrected chi connectivity index (χ3v) is 2.58. The standard InChI is InChI=1S/C14H23F3N2O2/c1-13(2,3)19-7-4-5-12-18-9-11(21-12)6-8-20-10-14(15,16)17/h9,19H,4-8,10H2,1-3H3. The van der Waals surface area contributed by atoms with Gasteiger partial charge < -0.3 is 14.5 Å². The van der Waals surface area contributed by atoms with Gasteiger partial charge in [-0.2, -0.15) is 13.2 Å². The topological polar surface area (TPSA) is 47.3 Å². The number of halogens is 3. The first kappa shape index (κ1) is 18.0. The van der Waals surface area contributed by atoms with Crippen LogP contribution >= 0.6 is 0 Å². The summed E-state index contributed by atoms with van der Waals surface area (Å²) in [4.78, 5) is 4.11. The Bertz CT molecular complexity index is 375. The minimum Gasteiger partial charge on any atom is -0.446 e. The van der Waals surface area contributed by atoms with E-state index in [1.165, 1.54) is 0 Å². The predicted octanol–water partition coefficient (Wildman–Crippen LogP) is 3.12. The van der Waals surface area contributed by atoms with E-state index < -0.39 is 12.8 Å². The average Bonchev–Trinajstić information content (AvgIpc) is 2.76. The number of hydrogen-bond donors (Lipinski definition) is 1. The molecule has 1 rings (SSSR count). The van der Waals surface area contributed by atoms with Crippen LogP contribution in [0.4, 0.5) is 13.2 Å². The molecule has 7 heteroatoms. The van der Waals surface area contributed by atoms with Crippen LogP contribution < -0.4 is 5.32 Å². The molecule has 21 heavy (non-hydrogen) atoms. The number of aromatic nitrogens is 1. The highest BCUT2D eigenvalue weighted by Gasteiger charge is 2.27. The van der Waals surface area contributed by atoms with Crippen molar-refractivity contribution in [3.63, 3.8) is 0 Å². The molecule has 4 nitrogen and oxygen atoms in total. The van der Waals surface area contributed by atoms with Crippen molar-refractivity contribution in [3.05, 3.63) is 17.8 Å². The molecule has 0 aliphatic carbocycles. The summed E-state index contributed by atoms with van der Waals surface area (Å²) < 4.78 is 45.6. The van der Waals surface area contributed by atoms with Gasteiger partial charge in [0.25, 0.3) is 0 Å². The summed E-state index contributed by atoms with van der Waals surface area (Å²) in [5, 5.41) is 3.36. The zero-order valence-corrected chi connectivity index (χ0v) is 12.7. The maximum Gasteiger partial charge on any atom is 0.411 e.